The molecule has 0 saturated carbocycles. The normalized spacial score (nSPS) is 14.5. The smallest absolute Gasteiger partial charge is 0.160 e. The summed E-state index contributed by atoms with van der Waals surface area (Å²) in [6, 6.07) is 5.28. The van der Waals surface area contributed by atoms with E-state index in [2.05, 4.69) is 13.8 Å². The second kappa shape index (κ2) is 5.75. The summed E-state index contributed by atoms with van der Waals surface area (Å²) in [6.07, 6.45) is 0.968. The van der Waals surface area contributed by atoms with Gasteiger partial charge in [0.15, 0.2) is 11.5 Å². The molecule has 3 nitrogen and oxygen atoms in total. The average Bonchev–Trinajstić information content (AvgIpc) is 2.26. The van der Waals surface area contributed by atoms with Crippen LogP contribution < -0.4 is 4.74 Å². The topological polar surface area (TPSA) is 49.7 Å². The molecular formula is C13H19O3. The SMILES string of the molecule is [CH2]C(O)CC(CC)c1ccc(O)c(OC)c1. The minimum Gasteiger partial charge on any atom is -0.504 e. The predicted molar refractivity (Wildman–Crippen MR) is 63.7 cm³/mol. The molecule has 2 N–H and O–H groups in total. The first-order valence-corrected chi connectivity index (χ1v) is 5.46. The summed E-state index contributed by atoms with van der Waals surface area (Å²) in [5.41, 5.74) is 1.06. The van der Waals surface area contributed by atoms with Gasteiger partial charge in [0.05, 0.1) is 13.2 Å². The van der Waals surface area contributed by atoms with Gasteiger partial charge in [-0.1, -0.05) is 13.0 Å². The molecule has 0 aromatic heterocycles. The molecular weight excluding hydrogens is 204 g/mol. The van der Waals surface area contributed by atoms with Gasteiger partial charge < -0.3 is 14.9 Å². The maximum Gasteiger partial charge on any atom is 0.160 e. The van der Waals surface area contributed by atoms with Crippen LogP contribution in [0.1, 0.15) is 31.2 Å². The molecule has 0 aliphatic rings. The van der Waals surface area contributed by atoms with Crippen molar-refractivity contribution >= 4 is 0 Å². The van der Waals surface area contributed by atoms with Crippen molar-refractivity contribution in [1.29, 1.82) is 0 Å². The number of hydrogen-bond donors (Lipinski definition) is 2. The van der Waals surface area contributed by atoms with Gasteiger partial charge in [-0.2, -0.15) is 0 Å². The van der Waals surface area contributed by atoms with Crippen LogP contribution in [0.3, 0.4) is 0 Å². The Labute approximate surface area is 96.7 Å². The number of aromatic hydroxyl groups is 1. The second-order valence-corrected chi connectivity index (χ2v) is 3.93. The highest BCUT2D eigenvalue weighted by atomic mass is 16.5. The van der Waals surface area contributed by atoms with Gasteiger partial charge in [-0.25, -0.2) is 0 Å². The standard InChI is InChI=1S/C13H19O3/c1-4-10(7-9(2)14)11-5-6-12(15)13(8-11)16-3/h5-6,8-10,14-15H,2,4,7H2,1,3H3. The number of phenolic OH excluding ortho intramolecular Hbond substituents is 1. The van der Waals surface area contributed by atoms with Gasteiger partial charge in [0.1, 0.15) is 0 Å². The van der Waals surface area contributed by atoms with Crippen LogP contribution in [-0.4, -0.2) is 23.4 Å². The molecule has 1 aromatic carbocycles. The largest absolute Gasteiger partial charge is 0.504 e. The van der Waals surface area contributed by atoms with Crippen molar-refractivity contribution in [2.45, 2.75) is 31.8 Å². The minimum atomic E-state index is -0.565. The first-order valence-electron chi connectivity index (χ1n) is 5.46. The Balaban J connectivity index is 2.92. The first kappa shape index (κ1) is 12.8. The van der Waals surface area contributed by atoms with Crippen molar-refractivity contribution in [2.75, 3.05) is 7.11 Å². The van der Waals surface area contributed by atoms with E-state index in [1.54, 1.807) is 6.07 Å². The monoisotopic (exact) mass is 223 g/mol. The van der Waals surface area contributed by atoms with Crippen LogP contribution in [0.15, 0.2) is 18.2 Å². The van der Waals surface area contributed by atoms with Crippen LogP contribution in [0.2, 0.25) is 0 Å². The van der Waals surface area contributed by atoms with Crippen LogP contribution in [0, 0.1) is 6.92 Å². The summed E-state index contributed by atoms with van der Waals surface area (Å²) in [5, 5.41) is 18.8. The molecule has 0 amide bonds. The maximum absolute atomic E-state index is 9.48. The molecule has 0 saturated heterocycles. The number of hydrogen-bond acceptors (Lipinski definition) is 3. The lowest BCUT2D eigenvalue weighted by atomic mass is 9.91. The van der Waals surface area contributed by atoms with Gasteiger partial charge in [0, 0.05) is 0 Å². The number of rotatable bonds is 5. The lowest BCUT2D eigenvalue weighted by molar-refractivity contribution is 0.198. The zero-order chi connectivity index (χ0) is 12.1. The molecule has 0 heterocycles. The molecule has 0 fully saturated rings. The summed E-state index contributed by atoms with van der Waals surface area (Å²) >= 11 is 0. The van der Waals surface area contributed by atoms with Crippen LogP contribution in [0.25, 0.3) is 0 Å². The van der Waals surface area contributed by atoms with Crippen molar-refractivity contribution in [3.05, 3.63) is 30.7 Å². The Hall–Kier alpha value is -1.22. The molecule has 1 aromatic rings. The van der Waals surface area contributed by atoms with Crippen molar-refractivity contribution in [1.82, 2.24) is 0 Å². The Bertz CT molecular complexity index is 334. The molecule has 16 heavy (non-hydrogen) atoms. The van der Waals surface area contributed by atoms with Gasteiger partial charge >= 0.3 is 0 Å². The molecule has 3 heteroatoms. The zero-order valence-corrected chi connectivity index (χ0v) is 9.81. The van der Waals surface area contributed by atoms with Crippen LogP contribution >= 0.6 is 0 Å². The van der Waals surface area contributed by atoms with Crippen LogP contribution in [0.5, 0.6) is 11.5 Å². The van der Waals surface area contributed by atoms with Crippen LogP contribution in [-0.2, 0) is 0 Å². The molecule has 2 unspecified atom stereocenters. The Kier molecular flexibility index (Phi) is 4.62. The highest BCUT2D eigenvalue weighted by Gasteiger charge is 2.14. The molecule has 1 radical (unpaired) electrons. The van der Waals surface area contributed by atoms with E-state index in [0.717, 1.165) is 12.0 Å². The van der Waals surface area contributed by atoms with E-state index < -0.39 is 6.10 Å². The number of methoxy groups -OCH3 is 1. The first-order chi connectivity index (χ1) is 7.58. The Morgan fingerprint density at radius 1 is 1.44 bits per heavy atom. The molecule has 0 bridgehead atoms. The third-order valence-corrected chi connectivity index (χ3v) is 2.72. The van der Waals surface area contributed by atoms with Gasteiger partial charge in [0.25, 0.3) is 0 Å². The van der Waals surface area contributed by atoms with E-state index in [0.29, 0.717) is 12.2 Å². The number of aliphatic hydroxyl groups is 1. The fraction of sp³-hybridized carbons (Fsp3) is 0.462. The molecule has 0 aliphatic carbocycles. The van der Waals surface area contributed by atoms with Gasteiger partial charge in [-0.15, -0.1) is 0 Å². The average molecular weight is 223 g/mol. The third kappa shape index (κ3) is 3.14. The van der Waals surface area contributed by atoms with E-state index in [1.807, 2.05) is 12.1 Å². The highest BCUT2D eigenvalue weighted by molar-refractivity contribution is 5.42. The summed E-state index contributed by atoms with van der Waals surface area (Å²) in [4.78, 5) is 0. The lowest BCUT2D eigenvalue weighted by Crippen LogP contribution is -2.08. The fourth-order valence-electron chi connectivity index (χ4n) is 1.82. The highest BCUT2D eigenvalue weighted by Crippen LogP contribution is 2.32. The van der Waals surface area contributed by atoms with E-state index >= 15 is 0 Å². The van der Waals surface area contributed by atoms with Crippen molar-refractivity contribution < 1.29 is 14.9 Å². The number of aliphatic hydroxyl groups excluding tert-OH is 1. The maximum atomic E-state index is 9.48. The van der Waals surface area contributed by atoms with Crippen LogP contribution in [0.4, 0.5) is 0 Å². The van der Waals surface area contributed by atoms with E-state index in [9.17, 15) is 10.2 Å². The third-order valence-electron chi connectivity index (χ3n) is 2.72. The predicted octanol–water partition coefficient (Wildman–Crippen LogP) is 2.48. The second-order valence-electron chi connectivity index (χ2n) is 3.93. The molecule has 0 aliphatic heterocycles. The number of ether oxygens (including phenoxy) is 1. The Morgan fingerprint density at radius 2 is 2.12 bits per heavy atom. The van der Waals surface area contributed by atoms with E-state index in [4.69, 9.17) is 4.74 Å². The van der Waals surface area contributed by atoms with Crippen molar-refractivity contribution in [2.24, 2.45) is 0 Å². The van der Waals surface area contributed by atoms with Gasteiger partial charge in [-0.3, -0.25) is 0 Å². The summed E-state index contributed by atoms with van der Waals surface area (Å²) in [6.45, 7) is 5.65. The fourth-order valence-corrected chi connectivity index (χ4v) is 1.82. The van der Waals surface area contributed by atoms with Gasteiger partial charge in [-0.05, 0) is 43.4 Å². The van der Waals surface area contributed by atoms with E-state index in [-0.39, 0.29) is 11.7 Å². The summed E-state index contributed by atoms with van der Waals surface area (Å²) in [7, 11) is 1.52. The molecule has 1 rings (SSSR count). The van der Waals surface area contributed by atoms with E-state index in [1.165, 1.54) is 7.11 Å². The minimum absolute atomic E-state index is 0.135. The number of benzene rings is 1. The van der Waals surface area contributed by atoms with Crippen molar-refractivity contribution in [3.63, 3.8) is 0 Å². The summed E-state index contributed by atoms with van der Waals surface area (Å²) < 4.78 is 5.06. The van der Waals surface area contributed by atoms with Crippen molar-refractivity contribution in [3.8, 4) is 11.5 Å². The lowest BCUT2D eigenvalue weighted by Gasteiger charge is -2.18. The number of phenols is 1. The quantitative estimate of drug-likeness (QED) is 0.806. The Morgan fingerprint density at radius 3 is 2.62 bits per heavy atom. The summed E-state index contributed by atoms with van der Waals surface area (Å²) in [5.74, 6) is 0.841. The molecule has 89 valence electrons. The molecule has 0 spiro atoms. The zero-order valence-electron chi connectivity index (χ0n) is 9.81. The van der Waals surface area contributed by atoms with Gasteiger partial charge in [0.2, 0.25) is 0 Å². The molecule has 2 atom stereocenters.